The standard InChI is InChI=1S/C15H17N3O2/c1-10(5-4-8-16)15-17-14(18-20-15)12-6-7-13(19-3)11(2)9-12/h6-7,9-10H,4-5H2,1-3H3. The topological polar surface area (TPSA) is 71.9 Å². The van der Waals surface area contributed by atoms with Gasteiger partial charge in [-0.1, -0.05) is 12.1 Å². The van der Waals surface area contributed by atoms with E-state index in [0.717, 1.165) is 23.3 Å². The number of rotatable bonds is 5. The fourth-order valence-corrected chi connectivity index (χ4v) is 1.97. The predicted octanol–water partition coefficient (Wildman–Crippen LogP) is 3.46. The largest absolute Gasteiger partial charge is 0.496 e. The van der Waals surface area contributed by atoms with E-state index in [0.29, 0.717) is 18.1 Å². The van der Waals surface area contributed by atoms with Crippen molar-refractivity contribution in [3.63, 3.8) is 0 Å². The highest BCUT2D eigenvalue weighted by molar-refractivity contribution is 5.58. The second-order valence-corrected chi connectivity index (χ2v) is 4.74. The summed E-state index contributed by atoms with van der Waals surface area (Å²) in [6.45, 7) is 3.95. The first-order valence-corrected chi connectivity index (χ1v) is 6.51. The number of aryl methyl sites for hydroxylation is 1. The molecule has 1 heterocycles. The third-order valence-electron chi connectivity index (χ3n) is 3.21. The van der Waals surface area contributed by atoms with Crippen LogP contribution in [-0.2, 0) is 0 Å². The number of nitrogens with zero attached hydrogens (tertiary/aromatic N) is 3. The van der Waals surface area contributed by atoms with Crippen molar-refractivity contribution in [1.29, 1.82) is 5.26 Å². The van der Waals surface area contributed by atoms with Gasteiger partial charge in [0.2, 0.25) is 11.7 Å². The van der Waals surface area contributed by atoms with Crippen LogP contribution in [0.25, 0.3) is 11.4 Å². The molecule has 1 aromatic carbocycles. The molecule has 5 heteroatoms. The van der Waals surface area contributed by atoms with Gasteiger partial charge in [-0.05, 0) is 37.1 Å². The minimum Gasteiger partial charge on any atom is -0.496 e. The molecular formula is C15H17N3O2. The Morgan fingerprint density at radius 1 is 1.45 bits per heavy atom. The van der Waals surface area contributed by atoms with Gasteiger partial charge in [0.05, 0.1) is 13.2 Å². The first-order chi connectivity index (χ1) is 9.65. The van der Waals surface area contributed by atoms with Gasteiger partial charge in [-0.3, -0.25) is 0 Å². The second-order valence-electron chi connectivity index (χ2n) is 4.74. The zero-order valence-electron chi connectivity index (χ0n) is 11.9. The van der Waals surface area contributed by atoms with Crippen LogP contribution >= 0.6 is 0 Å². The van der Waals surface area contributed by atoms with Gasteiger partial charge in [-0.2, -0.15) is 10.2 Å². The van der Waals surface area contributed by atoms with Crippen molar-refractivity contribution in [3.05, 3.63) is 29.7 Å². The smallest absolute Gasteiger partial charge is 0.229 e. The van der Waals surface area contributed by atoms with E-state index in [1.54, 1.807) is 7.11 Å². The summed E-state index contributed by atoms with van der Waals surface area (Å²) in [5.41, 5.74) is 1.92. The molecule has 5 nitrogen and oxygen atoms in total. The molecule has 1 unspecified atom stereocenters. The van der Waals surface area contributed by atoms with Gasteiger partial charge in [-0.25, -0.2) is 0 Å². The molecule has 0 fully saturated rings. The van der Waals surface area contributed by atoms with Crippen LogP contribution in [0.5, 0.6) is 5.75 Å². The lowest BCUT2D eigenvalue weighted by molar-refractivity contribution is 0.355. The Balaban J connectivity index is 2.20. The maximum Gasteiger partial charge on any atom is 0.229 e. The minimum absolute atomic E-state index is 0.0928. The van der Waals surface area contributed by atoms with Gasteiger partial charge in [0, 0.05) is 17.9 Å². The van der Waals surface area contributed by atoms with Crippen LogP contribution in [0.3, 0.4) is 0 Å². The number of hydrogen-bond donors (Lipinski definition) is 0. The van der Waals surface area contributed by atoms with Crippen molar-refractivity contribution < 1.29 is 9.26 Å². The minimum atomic E-state index is 0.0928. The van der Waals surface area contributed by atoms with E-state index in [9.17, 15) is 0 Å². The maximum atomic E-state index is 8.60. The van der Waals surface area contributed by atoms with Crippen molar-refractivity contribution >= 4 is 0 Å². The average molecular weight is 271 g/mol. The second kappa shape index (κ2) is 6.20. The number of hydrogen-bond acceptors (Lipinski definition) is 5. The molecule has 2 rings (SSSR count). The Bertz CT molecular complexity index is 628. The quantitative estimate of drug-likeness (QED) is 0.832. The fourth-order valence-electron chi connectivity index (χ4n) is 1.97. The molecule has 0 aliphatic rings. The van der Waals surface area contributed by atoms with Crippen LogP contribution < -0.4 is 4.74 Å². The van der Waals surface area contributed by atoms with Crippen LogP contribution in [0.2, 0.25) is 0 Å². The SMILES string of the molecule is COc1ccc(-c2noc(C(C)CCC#N)n2)cc1C. The Labute approximate surface area is 118 Å². The molecule has 20 heavy (non-hydrogen) atoms. The summed E-state index contributed by atoms with van der Waals surface area (Å²) in [5.74, 6) is 2.06. The molecule has 0 aliphatic carbocycles. The molecule has 1 atom stereocenters. The fraction of sp³-hybridized carbons (Fsp3) is 0.400. The van der Waals surface area contributed by atoms with Gasteiger partial charge in [0.15, 0.2) is 0 Å². The Kier molecular flexibility index (Phi) is 4.36. The third kappa shape index (κ3) is 2.97. The van der Waals surface area contributed by atoms with Crippen LogP contribution in [0, 0.1) is 18.3 Å². The van der Waals surface area contributed by atoms with E-state index in [-0.39, 0.29) is 5.92 Å². The van der Waals surface area contributed by atoms with E-state index >= 15 is 0 Å². The van der Waals surface area contributed by atoms with Crippen molar-refractivity contribution in [1.82, 2.24) is 10.1 Å². The molecule has 0 N–H and O–H groups in total. The van der Waals surface area contributed by atoms with Crippen LogP contribution in [-0.4, -0.2) is 17.3 Å². The molecule has 0 amide bonds. The Morgan fingerprint density at radius 3 is 2.90 bits per heavy atom. The molecular weight excluding hydrogens is 254 g/mol. The summed E-state index contributed by atoms with van der Waals surface area (Å²) in [6.07, 6.45) is 1.21. The zero-order chi connectivity index (χ0) is 14.5. The molecule has 1 aromatic heterocycles. The number of ether oxygens (including phenoxy) is 1. The van der Waals surface area contributed by atoms with Crippen LogP contribution in [0.4, 0.5) is 0 Å². The molecule has 0 aliphatic heterocycles. The van der Waals surface area contributed by atoms with Gasteiger partial charge in [-0.15, -0.1) is 0 Å². The first-order valence-electron chi connectivity index (χ1n) is 6.51. The summed E-state index contributed by atoms with van der Waals surface area (Å²) in [5, 5.41) is 12.6. The monoisotopic (exact) mass is 271 g/mol. The molecule has 0 bridgehead atoms. The highest BCUT2D eigenvalue weighted by Crippen LogP contribution is 2.26. The Morgan fingerprint density at radius 2 is 2.25 bits per heavy atom. The van der Waals surface area contributed by atoms with Crippen molar-refractivity contribution in [2.75, 3.05) is 7.11 Å². The first kappa shape index (κ1) is 14.1. The Hall–Kier alpha value is -2.35. The van der Waals surface area contributed by atoms with E-state index in [1.165, 1.54) is 0 Å². The van der Waals surface area contributed by atoms with Gasteiger partial charge in [0.1, 0.15) is 5.75 Å². The third-order valence-corrected chi connectivity index (χ3v) is 3.21. The predicted molar refractivity (Wildman–Crippen MR) is 74.3 cm³/mol. The summed E-state index contributed by atoms with van der Waals surface area (Å²) in [6, 6.07) is 7.88. The van der Waals surface area contributed by atoms with E-state index in [4.69, 9.17) is 14.5 Å². The van der Waals surface area contributed by atoms with Crippen molar-refractivity contribution in [2.24, 2.45) is 0 Å². The summed E-state index contributed by atoms with van der Waals surface area (Å²) < 4.78 is 10.5. The molecule has 0 saturated heterocycles. The van der Waals surface area contributed by atoms with Crippen molar-refractivity contribution in [3.8, 4) is 23.2 Å². The number of nitriles is 1. The van der Waals surface area contributed by atoms with E-state index in [2.05, 4.69) is 16.2 Å². The highest BCUT2D eigenvalue weighted by atomic mass is 16.5. The van der Waals surface area contributed by atoms with Crippen LogP contribution in [0.1, 0.15) is 37.1 Å². The number of aromatic nitrogens is 2. The van der Waals surface area contributed by atoms with E-state index in [1.807, 2.05) is 32.0 Å². The highest BCUT2D eigenvalue weighted by Gasteiger charge is 2.15. The van der Waals surface area contributed by atoms with Gasteiger partial charge >= 0.3 is 0 Å². The average Bonchev–Trinajstić information content (AvgIpc) is 2.94. The molecule has 0 saturated carbocycles. The molecule has 0 radical (unpaired) electrons. The van der Waals surface area contributed by atoms with Gasteiger partial charge in [0.25, 0.3) is 0 Å². The normalized spacial score (nSPS) is 11.9. The molecule has 0 spiro atoms. The lowest BCUT2D eigenvalue weighted by Gasteiger charge is -2.04. The maximum absolute atomic E-state index is 8.60. The zero-order valence-corrected chi connectivity index (χ0v) is 11.9. The summed E-state index contributed by atoms with van der Waals surface area (Å²) in [7, 11) is 1.64. The molecule has 2 aromatic rings. The number of methoxy groups -OCH3 is 1. The van der Waals surface area contributed by atoms with Crippen molar-refractivity contribution in [2.45, 2.75) is 32.6 Å². The number of benzene rings is 1. The molecule has 104 valence electrons. The van der Waals surface area contributed by atoms with E-state index < -0.39 is 0 Å². The summed E-state index contributed by atoms with van der Waals surface area (Å²) >= 11 is 0. The summed E-state index contributed by atoms with van der Waals surface area (Å²) in [4.78, 5) is 4.40. The lowest BCUT2D eigenvalue weighted by atomic mass is 10.1. The lowest BCUT2D eigenvalue weighted by Crippen LogP contribution is -1.93. The van der Waals surface area contributed by atoms with Crippen LogP contribution in [0.15, 0.2) is 22.7 Å². The van der Waals surface area contributed by atoms with Gasteiger partial charge < -0.3 is 9.26 Å².